The van der Waals surface area contributed by atoms with Gasteiger partial charge in [0.1, 0.15) is 5.03 Å². The monoisotopic (exact) mass is 267 g/mol. The highest BCUT2D eigenvalue weighted by Crippen LogP contribution is 2.25. The van der Waals surface area contributed by atoms with Gasteiger partial charge in [0, 0.05) is 11.1 Å². The molecule has 0 radical (unpaired) electrons. The quantitative estimate of drug-likeness (QED) is 0.724. The number of benzene rings is 1. The van der Waals surface area contributed by atoms with E-state index in [0.717, 1.165) is 16.5 Å². The van der Waals surface area contributed by atoms with Crippen molar-refractivity contribution in [1.29, 1.82) is 0 Å². The second-order valence-corrected chi connectivity index (χ2v) is 5.24. The maximum atomic E-state index is 4.62. The lowest BCUT2D eigenvalue weighted by Crippen LogP contribution is -1.98. The molecule has 19 heavy (non-hydrogen) atoms. The highest BCUT2D eigenvalue weighted by atomic mass is 32.2. The Labute approximate surface area is 116 Å². The largest absolute Gasteiger partial charge is 0.222 e. The van der Waals surface area contributed by atoms with Crippen molar-refractivity contribution in [2.75, 3.05) is 0 Å². The molecule has 2 aromatic heterocycles. The molecule has 0 spiro atoms. The van der Waals surface area contributed by atoms with E-state index in [-0.39, 0.29) is 0 Å². The fourth-order valence-electron chi connectivity index (χ4n) is 1.74. The number of aryl methyl sites for hydroxylation is 1. The number of nitrogens with zero attached hydrogens (tertiary/aromatic N) is 3. The molecular formula is C15H13N3S. The molecule has 3 nitrogen and oxygen atoms in total. The van der Waals surface area contributed by atoms with Crippen LogP contribution in [0.4, 0.5) is 0 Å². The Morgan fingerprint density at radius 2 is 1.79 bits per heavy atom. The number of rotatable bonds is 3. The van der Waals surface area contributed by atoms with Gasteiger partial charge in [0.2, 0.25) is 0 Å². The zero-order valence-electron chi connectivity index (χ0n) is 10.5. The zero-order valence-corrected chi connectivity index (χ0v) is 11.3. The van der Waals surface area contributed by atoms with Crippen LogP contribution in [0.5, 0.6) is 0 Å². The first-order valence-corrected chi connectivity index (χ1v) is 6.85. The van der Waals surface area contributed by atoms with Crippen LogP contribution in [-0.2, 0) is 0 Å². The summed E-state index contributed by atoms with van der Waals surface area (Å²) in [5.41, 5.74) is 0.989. The van der Waals surface area contributed by atoms with Gasteiger partial charge in [0.25, 0.3) is 0 Å². The number of aromatic nitrogens is 3. The van der Waals surface area contributed by atoms with E-state index in [1.807, 2.05) is 55.6 Å². The van der Waals surface area contributed by atoms with Crippen LogP contribution >= 0.6 is 11.8 Å². The fraction of sp³-hybridized carbons (Fsp3) is 0.0667. The van der Waals surface area contributed by atoms with Crippen LogP contribution in [0.3, 0.4) is 0 Å². The van der Waals surface area contributed by atoms with Gasteiger partial charge in [-0.05, 0) is 37.3 Å². The van der Waals surface area contributed by atoms with Gasteiger partial charge in [-0.3, -0.25) is 0 Å². The van der Waals surface area contributed by atoms with Gasteiger partial charge in [-0.15, -0.1) is 0 Å². The summed E-state index contributed by atoms with van der Waals surface area (Å²) in [6.45, 7) is 1.97. The van der Waals surface area contributed by atoms with E-state index in [4.69, 9.17) is 0 Å². The van der Waals surface area contributed by atoms with E-state index < -0.39 is 0 Å². The molecule has 0 aliphatic rings. The van der Waals surface area contributed by atoms with Gasteiger partial charge in [0.05, 0.1) is 5.69 Å². The second-order valence-electron chi connectivity index (χ2n) is 4.15. The van der Waals surface area contributed by atoms with Crippen molar-refractivity contribution < 1.29 is 0 Å². The molecule has 0 atom stereocenters. The van der Waals surface area contributed by atoms with Crippen LogP contribution in [0, 0.1) is 6.92 Å². The Bertz CT molecular complexity index is 677. The Balaban J connectivity index is 1.88. The SMILES string of the molecule is Cc1ccn(-c2cccc(Sc3ccccc3)n2)n1. The highest BCUT2D eigenvalue weighted by Gasteiger charge is 2.03. The Morgan fingerprint density at radius 3 is 2.53 bits per heavy atom. The first-order chi connectivity index (χ1) is 9.31. The van der Waals surface area contributed by atoms with Crippen molar-refractivity contribution in [1.82, 2.24) is 14.8 Å². The summed E-state index contributed by atoms with van der Waals surface area (Å²) in [7, 11) is 0. The van der Waals surface area contributed by atoms with Crippen LogP contribution in [0.15, 0.2) is 70.7 Å². The molecule has 1 aromatic carbocycles. The molecule has 0 fully saturated rings. The van der Waals surface area contributed by atoms with Crippen LogP contribution in [0.1, 0.15) is 5.69 Å². The van der Waals surface area contributed by atoms with E-state index >= 15 is 0 Å². The molecule has 0 amide bonds. The maximum Gasteiger partial charge on any atom is 0.154 e. The molecule has 0 aliphatic heterocycles. The lowest BCUT2D eigenvalue weighted by atomic mass is 10.4. The van der Waals surface area contributed by atoms with Crippen molar-refractivity contribution in [2.45, 2.75) is 16.8 Å². The average molecular weight is 267 g/mol. The molecule has 0 aliphatic carbocycles. The minimum Gasteiger partial charge on any atom is -0.222 e. The summed E-state index contributed by atoms with van der Waals surface area (Å²) >= 11 is 1.65. The molecule has 94 valence electrons. The van der Waals surface area contributed by atoms with E-state index in [1.54, 1.807) is 16.4 Å². The summed E-state index contributed by atoms with van der Waals surface area (Å²) in [4.78, 5) is 5.80. The lowest BCUT2D eigenvalue weighted by Gasteiger charge is -2.04. The van der Waals surface area contributed by atoms with Crippen molar-refractivity contribution >= 4 is 11.8 Å². The van der Waals surface area contributed by atoms with Crippen LogP contribution in [0.2, 0.25) is 0 Å². The molecule has 0 saturated carbocycles. The van der Waals surface area contributed by atoms with Crippen LogP contribution in [-0.4, -0.2) is 14.8 Å². The number of hydrogen-bond acceptors (Lipinski definition) is 3. The minimum atomic E-state index is 0.842. The fourth-order valence-corrected chi connectivity index (χ4v) is 2.56. The Kier molecular flexibility index (Phi) is 3.33. The summed E-state index contributed by atoms with van der Waals surface area (Å²) in [6.07, 6.45) is 1.93. The van der Waals surface area contributed by atoms with E-state index in [0.29, 0.717) is 0 Å². The standard InChI is InChI=1S/C15H13N3S/c1-12-10-11-18(17-12)14-8-5-9-15(16-14)19-13-6-3-2-4-7-13/h2-11H,1H3. The summed E-state index contributed by atoms with van der Waals surface area (Å²) in [5.74, 6) is 0.842. The van der Waals surface area contributed by atoms with Crippen molar-refractivity contribution in [3.8, 4) is 5.82 Å². The Morgan fingerprint density at radius 1 is 0.947 bits per heavy atom. The lowest BCUT2D eigenvalue weighted by molar-refractivity contribution is 0.818. The molecule has 0 saturated heterocycles. The topological polar surface area (TPSA) is 30.7 Å². The summed E-state index contributed by atoms with van der Waals surface area (Å²) < 4.78 is 1.80. The third-order valence-corrected chi connectivity index (χ3v) is 3.58. The third-order valence-electron chi connectivity index (χ3n) is 2.63. The molecule has 0 bridgehead atoms. The van der Waals surface area contributed by atoms with Gasteiger partial charge < -0.3 is 0 Å². The van der Waals surface area contributed by atoms with Crippen LogP contribution in [0.25, 0.3) is 5.82 Å². The van der Waals surface area contributed by atoms with E-state index in [2.05, 4.69) is 22.2 Å². The Hall–Kier alpha value is -2.07. The van der Waals surface area contributed by atoms with Gasteiger partial charge in [-0.1, -0.05) is 36.0 Å². The van der Waals surface area contributed by atoms with E-state index in [9.17, 15) is 0 Å². The van der Waals surface area contributed by atoms with Gasteiger partial charge in [-0.25, -0.2) is 9.67 Å². The van der Waals surface area contributed by atoms with Crippen molar-refractivity contribution in [2.24, 2.45) is 0 Å². The molecule has 3 aromatic rings. The summed E-state index contributed by atoms with van der Waals surface area (Å²) in [5, 5.41) is 5.34. The first-order valence-electron chi connectivity index (χ1n) is 6.04. The van der Waals surface area contributed by atoms with Gasteiger partial charge >= 0.3 is 0 Å². The molecule has 0 N–H and O–H groups in total. The summed E-state index contributed by atoms with van der Waals surface area (Å²) in [6, 6.07) is 18.2. The minimum absolute atomic E-state index is 0.842. The van der Waals surface area contributed by atoms with Crippen molar-refractivity contribution in [3.05, 3.63) is 66.5 Å². The zero-order chi connectivity index (χ0) is 13.1. The van der Waals surface area contributed by atoms with Crippen LogP contribution < -0.4 is 0 Å². The van der Waals surface area contributed by atoms with Crippen molar-refractivity contribution in [3.63, 3.8) is 0 Å². The first kappa shape index (κ1) is 12.0. The molecule has 0 unspecified atom stereocenters. The van der Waals surface area contributed by atoms with Gasteiger partial charge in [0.15, 0.2) is 5.82 Å². The number of hydrogen-bond donors (Lipinski definition) is 0. The maximum absolute atomic E-state index is 4.62. The molecule has 3 rings (SSSR count). The molecule has 2 heterocycles. The third kappa shape index (κ3) is 2.85. The average Bonchev–Trinajstić information content (AvgIpc) is 2.87. The second kappa shape index (κ2) is 5.28. The highest BCUT2D eigenvalue weighted by molar-refractivity contribution is 7.99. The van der Waals surface area contributed by atoms with E-state index in [1.165, 1.54) is 4.90 Å². The smallest absolute Gasteiger partial charge is 0.154 e. The number of pyridine rings is 1. The predicted octanol–water partition coefficient (Wildman–Crippen LogP) is 3.73. The normalized spacial score (nSPS) is 10.6. The predicted molar refractivity (Wildman–Crippen MR) is 76.7 cm³/mol. The molecular weight excluding hydrogens is 254 g/mol. The van der Waals surface area contributed by atoms with Gasteiger partial charge in [-0.2, -0.15) is 5.10 Å². The molecule has 4 heteroatoms.